The molecule has 8 rings (SSSR count). The van der Waals surface area contributed by atoms with E-state index < -0.39 is 35.9 Å². The fraction of sp³-hybridized carbons (Fsp3) is 0.377. The number of hydrogen-bond acceptors (Lipinski definition) is 18. The van der Waals surface area contributed by atoms with Crippen LogP contribution in [0.15, 0.2) is 129 Å². The number of allylic oxidation sites excluding steroid dienone is 5. The topological polar surface area (TPSA) is 221 Å². The van der Waals surface area contributed by atoms with Gasteiger partial charge in [0.25, 0.3) is 0 Å². The Balaban J connectivity index is 0.000000353. The van der Waals surface area contributed by atoms with E-state index in [2.05, 4.69) is 6.58 Å². The predicted octanol–water partition coefficient (Wildman–Crippen LogP) is 11.8. The van der Waals surface area contributed by atoms with Crippen LogP contribution in [-0.4, -0.2) is 79.2 Å². The molecule has 2 saturated carbocycles. The quantitative estimate of drug-likeness (QED) is 0.0399. The monoisotopic (exact) mass is 1120 g/mol. The molecule has 1 heterocycles. The number of ketones is 2. The first-order chi connectivity index (χ1) is 38.2. The van der Waals surface area contributed by atoms with Gasteiger partial charge in [-0.25, -0.2) is 4.79 Å². The van der Waals surface area contributed by atoms with E-state index in [4.69, 9.17) is 33.2 Å². The highest BCUT2D eigenvalue weighted by Crippen LogP contribution is 2.61. The third-order valence-corrected chi connectivity index (χ3v) is 15.8. The van der Waals surface area contributed by atoms with Gasteiger partial charge in [0.1, 0.15) is 42.5 Å². The van der Waals surface area contributed by atoms with Crippen LogP contribution in [0.3, 0.4) is 0 Å². The molecular formula is C61H66O16S2. The van der Waals surface area contributed by atoms with Gasteiger partial charge in [-0.15, -0.1) is 0 Å². The van der Waals surface area contributed by atoms with E-state index in [0.717, 1.165) is 12.4 Å². The molecule has 0 amide bonds. The summed E-state index contributed by atoms with van der Waals surface area (Å²) < 4.78 is 39.2. The summed E-state index contributed by atoms with van der Waals surface area (Å²) in [5.41, 5.74) is 0.738. The summed E-state index contributed by atoms with van der Waals surface area (Å²) in [6.45, 7) is 10.4. The number of ether oxygens (including phenoxy) is 7. The molecule has 0 spiro atoms. The van der Waals surface area contributed by atoms with Crippen LogP contribution in [-0.2, 0) is 47.8 Å². The van der Waals surface area contributed by atoms with Crippen molar-refractivity contribution in [3.63, 3.8) is 0 Å². The zero-order chi connectivity index (χ0) is 57.0. The average Bonchev–Trinajstić information content (AvgIpc) is 4.16. The van der Waals surface area contributed by atoms with Gasteiger partial charge in [0.05, 0.1) is 38.9 Å². The lowest BCUT2D eigenvalue weighted by Crippen LogP contribution is -2.30. The molecule has 1 unspecified atom stereocenters. The first-order valence-electron chi connectivity index (χ1n) is 26.4. The minimum Gasteiger partial charge on any atom is -0.508 e. The van der Waals surface area contributed by atoms with Gasteiger partial charge in [-0.3, -0.25) is 28.8 Å². The molecule has 16 nitrogen and oxygen atoms in total. The second-order valence-corrected chi connectivity index (χ2v) is 21.0. The van der Waals surface area contributed by atoms with Crippen LogP contribution >= 0.6 is 23.5 Å². The highest BCUT2D eigenvalue weighted by Gasteiger charge is 2.37. The van der Waals surface area contributed by atoms with Crippen molar-refractivity contribution in [3.05, 3.63) is 119 Å². The van der Waals surface area contributed by atoms with Crippen molar-refractivity contribution in [1.29, 1.82) is 0 Å². The molecule has 4 aliphatic rings. The van der Waals surface area contributed by atoms with Gasteiger partial charge in [-0.1, -0.05) is 87.3 Å². The third-order valence-electron chi connectivity index (χ3n) is 13.3. The molecule has 2 fully saturated rings. The number of esters is 5. The molecule has 4 aromatic rings. The molecule has 4 aromatic carbocycles. The Bertz CT molecular complexity index is 2960. The molecule has 418 valence electrons. The van der Waals surface area contributed by atoms with Crippen molar-refractivity contribution in [2.75, 3.05) is 20.3 Å². The standard InChI is InChI=1S/C43H40O10S2.C16H20O6.C2H6/c1-24(45)31-6-2-3-7-32(31)35(47)22-36-54-39-37(52-42(49)26-12-10-25(23-44)11-13-26)33-8-4-5-9-34(33)38(40(39)55-36)53-43(50)28-16-14-27(15-17-28)41(48)51-30-20-18-29(46)19-21-30;1-4-15(17)21-11-14(22-16(18)5-2)10-20-13-8-6-12(19-3)7-9-13;1-2/h4-9,18-23,25-28,46H,2-3,10-17H2,1H3;4,6-9,14H,1,5,10-11H2,2-3H3;1-2H3/b36-22-;;. The number of aldehydes is 1. The van der Waals surface area contributed by atoms with Crippen LogP contribution in [0.2, 0.25) is 0 Å². The Morgan fingerprint density at radius 1 is 0.671 bits per heavy atom. The first kappa shape index (κ1) is 60.8. The molecule has 18 heteroatoms. The summed E-state index contributed by atoms with van der Waals surface area (Å²) in [5.74, 6) is -1.70. The van der Waals surface area contributed by atoms with Crippen LogP contribution in [0.25, 0.3) is 10.8 Å². The van der Waals surface area contributed by atoms with Gasteiger partial charge in [0.15, 0.2) is 29.2 Å². The number of rotatable bonds is 19. The summed E-state index contributed by atoms with van der Waals surface area (Å²) in [5, 5.41) is 10.7. The second-order valence-electron chi connectivity index (χ2n) is 18.6. The van der Waals surface area contributed by atoms with E-state index in [-0.39, 0.29) is 60.7 Å². The molecule has 1 aliphatic heterocycles. The SMILES string of the molecule is C=CC(=O)OCC(COc1ccc(OC)cc1)OC(=O)CC.CC.CC(=O)C1=CCCC=C1C(=O)/C=C1/Sc2c(c(OC(=O)C3CCC(C(=O)Oc4ccc(O)cc4)CC3)c3ccccc3c2OC(=O)C2CCC(C=O)CC2)S1. The van der Waals surface area contributed by atoms with Crippen molar-refractivity contribution in [1.82, 2.24) is 0 Å². The van der Waals surface area contributed by atoms with E-state index in [0.29, 0.717) is 129 Å². The Hall–Kier alpha value is -7.44. The van der Waals surface area contributed by atoms with Crippen molar-refractivity contribution in [2.45, 2.75) is 114 Å². The van der Waals surface area contributed by atoms with E-state index in [9.17, 15) is 43.5 Å². The van der Waals surface area contributed by atoms with Crippen molar-refractivity contribution < 1.29 is 76.6 Å². The number of phenolic OH excluding ortho intramolecular Hbond substituents is 1. The van der Waals surface area contributed by atoms with Crippen LogP contribution in [0.5, 0.6) is 34.5 Å². The fourth-order valence-corrected chi connectivity index (χ4v) is 11.6. The molecule has 1 atom stereocenters. The lowest BCUT2D eigenvalue weighted by atomic mass is 9.82. The largest absolute Gasteiger partial charge is 0.508 e. The lowest BCUT2D eigenvalue weighted by Gasteiger charge is -2.26. The average molecular weight is 1120 g/mol. The summed E-state index contributed by atoms with van der Waals surface area (Å²) in [4.78, 5) is 101. The smallest absolute Gasteiger partial charge is 0.330 e. The number of Topliss-reactive ketones (excluding diaryl/α,β-unsaturated/α-hetero) is 1. The number of carbonyl (C=O) groups excluding carboxylic acids is 8. The van der Waals surface area contributed by atoms with Gasteiger partial charge < -0.3 is 43.1 Å². The molecule has 0 saturated heterocycles. The maximum absolute atomic E-state index is 13.9. The summed E-state index contributed by atoms with van der Waals surface area (Å²) in [7, 11) is 1.57. The Kier molecular flexibility index (Phi) is 23.1. The van der Waals surface area contributed by atoms with E-state index in [1.165, 1.54) is 60.8 Å². The highest BCUT2D eigenvalue weighted by atomic mass is 32.2. The zero-order valence-electron chi connectivity index (χ0n) is 45.0. The van der Waals surface area contributed by atoms with Crippen LogP contribution in [0.1, 0.15) is 98.3 Å². The number of aromatic hydroxyl groups is 1. The maximum atomic E-state index is 13.9. The zero-order valence-corrected chi connectivity index (χ0v) is 46.6. The highest BCUT2D eigenvalue weighted by molar-refractivity contribution is 8.24. The third kappa shape index (κ3) is 16.8. The molecule has 0 radical (unpaired) electrons. The normalized spacial score (nSPS) is 19.1. The van der Waals surface area contributed by atoms with Crippen molar-refractivity contribution in [3.8, 4) is 34.5 Å². The van der Waals surface area contributed by atoms with Crippen LogP contribution < -0.4 is 23.7 Å². The Morgan fingerprint density at radius 2 is 1.16 bits per heavy atom. The van der Waals surface area contributed by atoms with Crippen molar-refractivity contribution in [2.24, 2.45) is 23.7 Å². The van der Waals surface area contributed by atoms with E-state index in [1.54, 1.807) is 62.6 Å². The molecule has 0 bridgehead atoms. The molecule has 1 N–H and O–H groups in total. The second kappa shape index (κ2) is 30.1. The molecule has 79 heavy (non-hydrogen) atoms. The summed E-state index contributed by atoms with van der Waals surface area (Å²) in [6, 6.07) is 20.1. The van der Waals surface area contributed by atoms with Gasteiger partial charge in [-0.05, 0) is 120 Å². The molecular weight excluding hydrogens is 1050 g/mol. The maximum Gasteiger partial charge on any atom is 0.330 e. The number of carbonyl (C=O) groups is 8. The first-order valence-corrected chi connectivity index (χ1v) is 28.1. The predicted molar refractivity (Wildman–Crippen MR) is 298 cm³/mol. The number of phenols is 1. The van der Waals surface area contributed by atoms with Gasteiger partial charge in [-0.2, -0.15) is 0 Å². The van der Waals surface area contributed by atoms with E-state index >= 15 is 0 Å². The van der Waals surface area contributed by atoms with Crippen LogP contribution in [0.4, 0.5) is 0 Å². The van der Waals surface area contributed by atoms with Gasteiger partial charge in [0.2, 0.25) is 0 Å². The van der Waals surface area contributed by atoms with Crippen molar-refractivity contribution >= 4 is 82.0 Å². The summed E-state index contributed by atoms with van der Waals surface area (Å²) >= 11 is 2.49. The minimum absolute atomic E-state index is 0.0627. The minimum atomic E-state index is -0.682. The molecule has 0 aromatic heterocycles. The number of thioether (sulfide) groups is 2. The summed E-state index contributed by atoms with van der Waals surface area (Å²) in [6.07, 6.45) is 11.9. The van der Waals surface area contributed by atoms with Gasteiger partial charge in [0, 0.05) is 46.4 Å². The Morgan fingerprint density at radius 3 is 1.66 bits per heavy atom. The number of hydrogen-bond donors (Lipinski definition) is 1. The number of benzene rings is 4. The van der Waals surface area contributed by atoms with Crippen LogP contribution in [0, 0.1) is 23.7 Å². The van der Waals surface area contributed by atoms with E-state index in [1.807, 2.05) is 26.0 Å². The fourth-order valence-electron chi connectivity index (χ4n) is 9.04. The molecule has 3 aliphatic carbocycles. The van der Waals surface area contributed by atoms with Gasteiger partial charge >= 0.3 is 29.8 Å². The Labute approximate surface area is 468 Å². The number of methoxy groups -OCH3 is 1. The lowest BCUT2D eigenvalue weighted by molar-refractivity contribution is -0.158. The number of fused-ring (bicyclic) bond motifs is 2.